The Kier molecular flexibility index (Phi) is 3.21. The van der Waals surface area contributed by atoms with Crippen LogP contribution in [0.4, 0.5) is 0 Å². The van der Waals surface area contributed by atoms with E-state index in [9.17, 15) is 0 Å². The van der Waals surface area contributed by atoms with Gasteiger partial charge in [0.25, 0.3) is 0 Å². The van der Waals surface area contributed by atoms with Crippen LogP contribution in [0.3, 0.4) is 0 Å². The first kappa shape index (κ1) is 12.9. The van der Waals surface area contributed by atoms with Crippen LogP contribution in [0.25, 0.3) is 0 Å². The summed E-state index contributed by atoms with van der Waals surface area (Å²) in [7, 11) is 0. The largest absolute Gasteiger partial charge is 0.291 e. The van der Waals surface area contributed by atoms with E-state index in [2.05, 4.69) is 43.3 Å². The van der Waals surface area contributed by atoms with Crippen LogP contribution in [-0.2, 0) is 13.1 Å². The van der Waals surface area contributed by atoms with Crippen LogP contribution in [-0.4, -0.2) is 47.5 Å². The molecule has 0 N–H and O–H groups in total. The second kappa shape index (κ2) is 5.22. The zero-order valence-corrected chi connectivity index (χ0v) is 12.4. The fraction of sp³-hybridized carbons (Fsp3) is 0.714. The predicted molar refractivity (Wildman–Crippen MR) is 76.5 cm³/mol. The van der Waals surface area contributed by atoms with Crippen LogP contribution < -0.4 is 0 Å². The van der Waals surface area contributed by atoms with Gasteiger partial charge in [-0.25, -0.2) is 4.68 Å². The molecule has 2 fully saturated rings. The molecule has 3 heterocycles. The van der Waals surface area contributed by atoms with Gasteiger partial charge in [-0.2, -0.15) is 5.10 Å². The Morgan fingerprint density at radius 1 is 1.29 bits per heavy atom. The summed E-state index contributed by atoms with van der Waals surface area (Å²) in [4.78, 5) is 2.50. The van der Waals surface area contributed by atoms with E-state index in [1.165, 1.54) is 31.2 Å². The van der Waals surface area contributed by atoms with Crippen molar-refractivity contribution in [3.63, 3.8) is 0 Å². The molecule has 2 aliphatic rings. The standard InChI is InChI=1S/C14H21N7/c1-11-7-15-20(8-11)9-13-3-2-6-19(13)10-14-16-17-18-21(14)12-4-5-12/h7-8,12-13H,2-6,9-10H2,1H3/t13-/m0/s1. The first-order chi connectivity index (χ1) is 10.3. The molecule has 21 heavy (non-hydrogen) atoms. The Bertz CT molecular complexity index is 612. The lowest BCUT2D eigenvalue weighted by molar-refractivity contribution is 0.210. The van der Waals surface area contributed by atoms with Crippen LogP contribution in [0.2, 0.25) is 0 Å². The third-order valence-electron chi connectivity index (χ3n) is 4.46. The average molecular weight is 287 g/mol. The fourth-order valence-electron chi connectivity index (χ4n) is 3.19. The van der Waals surface area contributed by atoms with Crippen LogP contribution in [0, 0.1) is 6.92 Å². The molecule has 2 aromatic rings. The van der Waals surface area contributed by atoms with Gasteiger partial charge in [0.05, 0.1) is 25.3 Å². The SMILES string of the molecule is Cc1cnn(C[C@@H]2CCCN2Cc2nnnn2C2CC2)c1. The quantitative estimate of drug-likeness (QED) is 0.826. The van der Waals surface area contributed by atoms with Gasteiger partial charge >= 0.3 is 0 Å². The Balaban J connectivity index is 1.44. The number of aryl methyl sites for hydroxylation is 1. The van der Waals surface area contributed by atoms with E-state index in [1.807, 2.05) is 10.9 Å². The highest BCUT2D eigenvalue weighted by molar-refractivity contribution is 5.00. The predicted octanol–water partition coefficient (Wildman–Crippen LogP) is 1.18. The number of rotatable bonds is 5. The molecule has 1 saturated heterocycles. The number of nitrogens with zero attached hydrogens (tertiary/aromatic N) is 7. The molecule has 7 nitrogen and oxygen atoms in total. The normalized spacial score (nSPS) is 23.0. The smallest absolute Gasteiger partial charge is 0.165 e. The molecule has 0 radical (unpaired) electrons. The third-order valence-corrected chi connectivity index (χ3v) is 4.46. The first-order valence-corrected chi connectivity index (χ1v) is 7.79. The van der Waals surface area contributed by atoms with Crippen molar-refractivity contribution in [3.8, 4) is 0 Å². The fourth-order valence-corrected chi connectivity index (χ4v) is 3.19. The number of tetrazole rings is 1. The average Bonchev–Trinajstić information content (AvgIpc) is 2.85. The van der Waals surface area contributed by atoms with Gasteiger partial charge < -0.3 is 0 Å². The van der Waals surface area contributed by atoms with E-state index in [-0.39, 0.29) is 0 Å². The van der Waals surface area contributed by atoms with Gasteiger partial charge in [-0.15, -0.1) is 5.10 Å². The summed E-state index contributed by atoms with van der Waals surface area (Å²) in [5, 5.41) is 16.6. The van der Waals surface area contributed by atoms with Gasteiger partial charge in [0.2, 0.25) is 0 Å². The summed E-state index contributed by atoms with van der Waals surface area (Å²) < 4.78 is 4.08. The summed E-state index contributed by atoms with van der Waals surface area (Å²) in [6.07, 6.45) is 8.94. The second-order valence-electron chi connectivity index (χ2n) is 6.28. The first-order valence-electron chi connectivity index (χ1n) is 7.79. The van der Waals surface area contributed by atoms with Gasteiger partial charge in [0.1, 0.15) is 0 Å². The molecule has 0 unspecified atom stereocenters. The van der Waals surface area contributed by atoms with E-state index >= 15 is 0 Å². The number of hydrogen-bond donors (Lipinski definition) is 0. The lowest BCUT2D eigenvalue weighted by atomic mass is 10.2. The lowest BCUT2D eigenvalue weighted by Gasteiger charge is -2.23. The molecular weight excluding hydrogens is 266 g/mol. The van der Waals surface area contributed by atoms with Crippen molar-refractivity contribution in [1.29, 1.82) is 0 Å². The minimum atomic E-state index is 0.536. The zero-order chi connectivity index (χ0) is 14.2. The molecule has 1 aliphatic heterocycles. The van der Waals surface area contributed by atoms with E-state index in [4.69, 9.17) is 0 Å². The van der Waals surface area contributed by atoms with Gasteiger partial charge in [0.15, 0.2) is 5.82 Å². The van der Waals surface area contributed by atoms with Crippen molar-refractivity contribution in [2.45, 2.75) is 57.8 Å². The molecule has 1 atom stereocenters. The van der Waals surface area contributed by atoms with Crippen molar-refractivity contribution in [1.82, 2.24) is 34.9 Å². The maximum absolute atomic E-state index is 4.41. The van der Waals surface area contributed by atoms with Crippen molar-refractivity contribution >= 4 is 0 Å². The van der Waals surface area contributed by atoms with Gasteiger partial charge in [-0.3, -0.25) is 9.58 Å². The maximum Gasteiger partial charge on any atom is 0.165 e. The molecule has 2 aromatic heterocycles. The van der Waals surface area contributed by atoms with Crippen molar-refractivity contribution in [2.24, 2.45) is 0 Å². The highest BCUT2D eigenvalue weighted by Gasteiger charge is 2.31. The minimum absolute atomic E-state index is 0.536. The van der Waals surface area contributed by atoms with E-state index in [0.29, 0.717) is 12.1 Å². The molecule has 7 heteroatoms. The topological polar surface area (TPSA) is 64.7 Å². The highest BCUT2D eigenvalue weighted by atomic mass is 15.6. The highest BCUT2D eigenvalue weighted by Crippen LogP contribution is 2.34. The molecule has 4 rings (SSSR count). The number of hydrogen-bond acceptors (Lipinski definition) is 5. The Morgan fingerprint density at radius 3 is 2.95 bits per heavy atom. The van der Waals surface area contributed by atoms with Crippen LogP contribution in [0.1, 0.15) is 43.1 Å². The lowest BCUT2D eigenvalue weighted by Crippen LogP contribution is -2.33. The van der Waals surface area contributed by atoms with Gasteiger partial charge in [0, 0.05) is 12.2 Å². The second-order valence-corrected chi connectivity index (χ2v) is 6.28. The monoisotopic (exact) mass is 287 g/mol. The zero-order valence-electron chi connectivity index (χ0n) is 12.4. The Labute approximate surface area is 123 Å². The molecule has 112 valence electrons. The minimum Gasteiger partial charge on any atom is -0.291 e. The van der Waals surface area contributed by atoms with E-state index in [0.717, 1.165) is 25.5 Å². The van der Waals surface area contributed by atoms with Crippen LogP contribution in [0.15, 0.2) is 12.4 Å². The number of aromatic nitrogens is 6. The molecule has 0 spiro atoms. The van der Waals surface area contributed by atoms with Crippen molar-refractivity contribution in [3.05, 3.63) is 23.8 Å². The molecule has 0 bridgehead atoms. The summed E-state index contributed by atoms with van der Waals surface area (Å²) >= 11 is 0. The summed E-state index contributed by atoms with van der Waals surface area (Å²) in [6, 6.07) is 1.08. The van der Waals surface area contributed by atoms with Gasteiger partial charge in [-0.05, 0) is 55.1 Å². The molecule has 0 aromatic carbocycles. The molecule has 0 amide bonds. The Hall–Kier alpha value is -1.76. The van der Waals surface area contributed by atoms with Crippen molar-refractivity contribution < 1.29 is 0 Å². The maximum atomic E-state index is 4.41. The van der Waals surface area contributed by atoms with Crippen LogP contribution >= 0.6 is 0 Å². The summed E-state index contributed by atoms with van der Waals surface area (Å²) in [5.74, 6) is 1.01. The molecular formula is C14H21N7. The van der Waals surface area contributed by atoms with Gasteiger partial charge in [-0.1, -0.05) is 0 Å². The number of likely N-dealkylation sites (tertiary alicyclic amines) is 1. The summed E-state index contributed by atoms with van der Waals surface area (Å²) in [5.41, 5.74) is 1.22. The summed E-state index contributed by atoms with van der Waals surface area (Å²) in [6.45, 7) is 5.02. The molecule has 1 aliphatic carbocycles. The van der Waals surface area contributed by atoms with Crippen LogP contribution in [0.5, 0.6) is 0 Å². The van der Waals surface area contributed by atoms with Crippen molar-refractivity contribution in [2.75, 3.05) is 6.54 Å². The third kappa shape index (κ3) is 2.70. The molecule has 1 saturated carbocycles. The van der Waals surface area contributed by atoms with E-state index < -0.39 is 0 Å². The Morgan fingerprint density at radius 2 is 2.19 bits per heavy atom. The van der Waals surface area contributed by atoms with E-state index in [1.54, 1.807) is 0 Å².